The average Bonchev–Trinajstić information content (AvgIpc) is 2.17. The summed E-state index contributed by atoms with van der Waals surface area (Å²) in [7, 11) is 0. The monoisotopic (exact) mass is 201 g/mol. The van der Waals surface area contributed by atoms with Crippen LogP contribution in [0.15, 0.2) is 12.3 Å². The second-order valence-electron chi connectivity index (χ2n) is 2.79. The molecule has 4 nitrogen and oxygen atoms in total. The quantitative estimate of drug-likeness (QED) is 0.212. The molecular formula is C10H19NO3. The van der Waals surface area contributed by atoms with Gasteiger partial charge in [-0.3, -0.25) is 5.32 Å². The number of esters is 1. The van der Waals surface area contributed by atoms with Crippen molar-refractivity contribution in [3.63, 3.8) is 0 Å². The van der Waals surface area contributed by atoms with Crippen molar-refractivity contribution in [2.45, 2.75) is 26.7 Å². The summed E-state index contributed by atoms with van der Waals surface area (Å²) in [4.78, 5) is 11.0. The molecule has 0 spiro atoms. The normalized spacial score (nSPS) is 9.57. The predicted octanol–water partition coefficient (Wildman–Crippen LogP) is 1.43. The molecule has 14 heavy (non-hydrogen) atoms. The summed E-state index contributed by atoms with van der Waals surface area (Å²) in [6.07, 6.45) is 2.22. The molecule has 4 heteroatoms. The number of carbonyl (C=O) groups is 1. The van der Waals surface area contributed by atoms with Crippen molar-refractivity contribution in [3.8, 4) is 0 Å². The highest BCUT2D eigenvalue weighted by atomic mass is 16.6. The Kier molecular flexibility index (Phi) is 7.93. The van der Waals surface area contributed by atoms with E-state index in [0.717, 1.165) is 19.4 Å². The van der Waals surface area contributed by atoms with Gasteiger partial charge in [0.15, 0.2) is 5.76 Å². The number of hydrogen-bond donors (Lipinski definition) is 1. The predicted molar refractivity (Wildman–Crippen MR) is 54.6 cm³/mol. The molecule has 0 saturated carbocycles. The fourth-order valence-electron chi connectivity index (χ4n) is 0.783. The number of hydrogen-bond acceptors (Lipinski definition) is 4. The molecule has 0 aromatic heterocycles. The first-order valence-electron chi connectivity index (χ1n) is 4.91. The van der Waals surface area contributed by atoms with Crippen LogP contribution in [-0.2, 0) is 14.3 Å². The lowest BCUT2D eigenvalue weighted by Crippen LogP contribution is -2.21. The van der Waals surface area contributed by atoms with Crippen LogP contribution in [0.4, 0.5) is 0 Å². The maximum Gasteiger partial charge on any atom is 0.373 e. The third-order valence-electron chi connectivity index (χ3n) is 1.56. The van der Waals surface area contributed by atoms with E-state index < -0.39 is 5.97 Å². The highest BCUT2D eigenvalue weighted by molar-refractivity contribution is 5.85. The van der Waals surface area contributed by atoms with Gasteiger partial charge >= 0.3 is 5.97 Å². The lowest BCUT2D eigenvalue weighted by atomic mass is 10.3. The first kappa shape index (κ1) is 13.0. The van der Waals surface area contributed by atoms with Crippen LogP contribution >= 0.6 is 0 Å². The van der Waals surface area contributed by atoms with Gasteiger partial charge < -0.3 is 9.47 Å². The van der Waals surface area contributed by atoms with Crippen molar-refractivity contribution in [3.05, 3.63) is 12.3 Å². The van der Waals surface area contributed by atoms with Crippen molar-refractivity contribution in [2.75, 3.05) is 19.9 Å². The maximum absolute atomic E-state index is 11.0. The van der Waals surface area contributed by atoms with Gasteiger partial charge in [-0.2, -0.15) is 0 Å². The molecular weight excluding hydrogens is 182 g/mol. The molecule has 82 valence electrons. The Morgan fingerprint density at radius 3 is 2.64 bits per heavy atom. The SMILES string of the molecule is C=C(OCNCCCC)C(=O)OCC. The molecule has 0 heterocycles. The molecule has 0 aliphatic heterocycles. The number of nitrogens with one attached hydrogen (secondary N) is 1. The molecule has 0 radical (unpaired) electrons. The van der Waals surface area contributed by atoms with Crippen LogP contribution in [-0.4, -0.2) is 25.9 Å². The molecule has 0 rings (SSSR count). The van der Waals surface area contributed by atoms with E-state index in [1.165, 1.54) is 0 Å². The zero-order valence-corrected chi connectivity index (χ0v) is 8.97. The zero-order valence-electron chi connectivity index (χ0n) is 8.97. The Morgan fingerprint density at radius 1 is 1.36 bits per heavy atom. The van der Waals surface area contributed by atoms with Gasteiger partial charge in [-0.1, -0.05) is 13.3 Å². The van der Waals surface area contributed by atoms with Crippen LogP contribution in [0.2, 0.25) is 0 Å². The zero-order chi connectivity index (χ0) is 10.8. The first-order chi connectivity index (χ1) is 6.72. The molecule has 0 aromatic rings. The van der Waals surface area contributed by atoms with Crippen LogP contribution < -0.4 is 5.32 Å². The first-order valence-corrected chi connectivity index (χ1v) is 4.91. The Labute approximate surface area is 85.3 Å². The van der Waals surface area contributed by atoms with Crippen LogP contribution in [0.3, 0.4) is 0 Å². The van der Waals surface area contributed by atoms with E-state index in [9.17, 15) is 4.79 Å². The van der Waals surface area contributed by atoms with Gasteiger partial charge in [-0.15, -0.1) is 0 Å². The van der Waals surface area contributed by atoms with Gasteiger partial charge in [0, 0.05) is 0 Å². The smallest absolute Gasteiger partial charge is 0.373 e. The molecule has 0 aromatic carbocycles. The minimum Gasteiger partial charge on any atom is -0.471 e. The molecule has 0 fully saturated rings. The van der Waals surface area contributed by atoms with E-state index in [2.05, 4.69) is 18.8 Å². The van der Waals surface area contributed by atoms with Gasteiger partial charge in [0.2, 0.25) is 0 Å². The van der Waals surface area contributed by atoms with Gasteiger partial charge in [0.25, 0.3) is 0 Å². The van der Waals surface area contributed by atoms with Gasteiger partial charge in [-0.25, -0.2) is 4.79 Å². The average molecular weight is 201 g/mol. The highest BCUT2D eigenvalue weighted by Crippen LogP contribution is 1.95. The fraction of sp³-hybridized carbons (Fsp3) is 0.700. The van der Waals surface area contributed by atoms with Crippen molar-refractivity contribution >= 4 is 5.97 Å². The van der Waals surface area contributed by atoms with Crippen molar-refractivity contribution in [1.82, 2.24) is 5.32 Å². The second kappa shape index (κ2) is 8.56. The summed E-state index contributed by atoms with van der Waals surface area (Å²) in [6.45, 7) is 8.83. The molecule has 0 bridgehead atoms. The van der Waals surface area contributed by atoms with Gasteiger partial charge in [0.05, 0.1) is 6.61 Å². The van der Waals surface area contributed by atoms with E-state index in [1.807, 2.05) is 0 Å². The standard InChI is InChI=1S/C10H19NO3/c1-4-6-7-11-8-14-9(3)10(12)13-5-2/h11H,3-8H2,1-2H3. The summed E-state index contributed by atoms with van der Waals surface area (Å²) in [5.74, 6) is -0.444. The molecule has 0 aliphatic rings. The van der Waals surface area contributed by atoms with E-state index in [1.54, 1.807) is 6.92 Å². The molecule has 0 aliphatic carbocycles. The number of rotatable bonds is 8. The minimum absolute atomic E-state index is 0.0517. The summed E-state index contributed by atoms with van der Waals surface area (Å²) < 4.78 is 9.71. The van der Waals surface area contributed by atoms with Crippen LogP contribution in [0.25, 0.3) is 0 Å². The molecule has 0 saturated heterocycles. The van der Waals surface area contributed by atoms with Crippen molar-refractivity contribution in [1.29, 1.82) is 0 Å². The van der Waals surface area contributed by atoms with Gasteiger partial charge in [-0.05, 0) is 26.5 Å². The Balaban J connectivity index is 3.39. The van der Waals surface area contributed by atoms with E-state index >= 15 is 0 Å². The van der Waals surface area contributed by atoms with Crippen molar-refractivity contribution in [2.24, 2.45) is 0 Å². The summed E-state index contributed by atoms with van der Waals surface area (Å²) in [6, 6.07) is 0. The number of unbranched alkanes of at least 4 members (excludes halogenated alkanes) is 1. The Hall–Kier alpha value is -1.03. The number of carbonyl (C=O) groups excluding carboxylic acids is 1. The molecule has 1 N–H and O–H groups in total. The summed E-state index contributed by atoms with van der Waals surface area (Å²) in [5, 5.41) is 3.02. The van der Waals surface area contributed by atoms with Crippen molar-refractivity contribution < 1.29 is 14.3 Å². The van der Waals surface area contributed by atoms with Gasteiger partial charge in [0.1, 0.15) is 6.73 Å². The largest absolute Gasteiger partial charge is 0.471 e. The van der Waals surface area contributed by atoms with Crippen LogP contribution in [0, 0.1) is 0 Å². The van der Waals surface area contributed by atoms with Crippen LogP contribution in [0.5, 0.6) is 0 Å². The summed E-state index contributed by atoms with van der Waals surface area (Å²) in [5.41, 5.74) is 0. The van der Waals surface area contributed by atoms with E-state index in [4.69, 9.17) is 9.47 Å². The highest BCUT2D eigenvalue weighted by Gasteiger charge is 2.07. The Morgan fingerprint density at radius 2 is 2.07 bits per heavy atom. The maximum atomic E-state index is 11.0. The van der Waals surface area contributed by atoms with Crippen LogP contribution in [0.1, 0.15) is 26.7 Å². The lowest BCUT2D eigenvalue weighted by Gasteiger charge is -2.08. The second-order valence-corrected chi connectivity index (χ2v) is 2.79. The molecule has 0 atom stereocenters. The molecule has 0 unspecified atom stereocenters. The fourth-order valence-corrected chi connectivity index (χ4v) is 0.783. The third kappa shape index (κ3) is 6.48. The minimum atomic E-state index is -0.496. The van der Waals surface area contributed by atoms with E-state index in [-0.39, 0.29) is 5.76 Å². The lowest BCUT2D eigenvalue weighted by molar-refractivity contribution is -0.142. The summed E-state index contributed by atoms with van der Waals surface area (Å²) >= 11 is 0. The Bertz CT molecular complexity index is 180. The third-order valence-corrected chi connectivity index (χ3v) is 1.56. The van der Waals surface area contributed by atoms with E-state index in [0.29, 0.717) is 13.3 Å². The number of ether oxygens (including phenoxy) is 2. The topological polar surface area (TPSA) is 47.6 Å². The molecule has 0 amide bonds.